The molecule has 5 nitrogen and oxygen atoms in total. The molecule has 0 atom stereocenters. The summed E-state index contributed by atoms with van der Waals surface area (Å²) < 4.78 is 27.6. The third-order valence-electron chi connectivity index (χ3n) is 3.27. The van der Waals surface area contributed by atoms with Crippen molar-refractivity contribution < 1.29 is 8.42 Å². The molecule has 1 aliphatic rings. The van der Waals surface area contributed by atoms with Crippen LogP contribution in [0, 0.1) is 0 Å². The normalized spacial score (nSPS) is 18.5. The van der Waals surface area contributed by atoms with Crippen molar-refractivity contribution in [1.29, 1.82) is 0 Å². The number of rotatable bonds is 2. The van der Waals surface area contributed by atoms with Crippen LogP contribution < -0.4 is 5.56 Å². The van der Waals surface area contributed by atoms with Crippen LogP contribution in [0.5, 0.6) is 0 Å². The van der Waals surface area contributed by atoms with Gasteiger partial charge >= 0.3 is 0 Å². The Labute approximate surface area is 107 Å². The minimum atomic E-state index is -3.64. The molecule has 6 heteroatoms. The van der Waals surface area contributed by atoms with Gasteiger partial charge in [0.05, 0.1) is 0 Å². The van der Waals surface area contributed by atoms with Crippen LogP contribution in [0.4, 0.5) is 0 Å². The summed E-state index contributed by atoms with van der Waals surface area (Å²) in [5.41, 5.74) is -0.457. The Morgan fingerprint density at radius 2 is 1.72 bits per heavy atom. The minimum Gasteiger partial charge on any atom is -0.317 e. The average molecular weight is 270 g/mol. The van der Waals surface area contributed by atoms with Gasteiger partial charge < -0.3 is 4.57 Å². The summed E-state index contributed by atoms with van der Waals surface area (Å²) in [5, 5.41) is 0. The highest BCUT2D eigenvalue weighted by Gasteiger charge is 2.27. The molecule has 1 fully saturated rings. The second kappa shape index (κ2) is 5.24. The molecule has 1 aromatic heterocycles. The molecule has 0 aliphatic carbocycles. The lowest BCUT2D eigenvalue weighted by Gasteiger charge is -2.19. The monoisotopic (exact) mass is 270 g/mol. The Bertz CT molecular complexity index is 569. The van der Waals surface area contributed by atoms with Gasteiger partial charge in [-0.1, -0.05) is 12.8 Å². The topological polar surface area (TPSA) is 59.4 Å². The summed E-state index contributed by atoms with van der Waals surface area (Å²) in [4.78, 5) is 11.8. The zero-order valence-electron chi connectivity index (χ0n) is 10.5. The van der Waals surface area contributed by atoms with Crippen LogP contribution in [0.15, 0.2) is 28.0 Å². The van der Waals surface area contributed by atoms with E-state index in [-0.39, 0.29) is 4.90 Å². The number of nitrogens with zero attached hydrogens (tertiary/aromatic N) is 2. The summed E-state index contributed by atoms with van der Waals surface area (Å²) in [6.07, 6.45) is 5.40. The van der Waals surface area contributed by atoms with Crippen molar-refractivity contribution in [3.05, 3.63) is 28.7 Å². The number of hydrogen-bond acceptors (Lipinski definition) is 3. The number of pyridine rings is 1. The smallest absolute Gasteiger partial charge is 0.270 e. The number of sulfonamides is 1. The SMILES string of the molecule is Cn1cccc(S(=O)(=O)N2CCCCCC2)c1=O. The van der Waals surface area contributed by atoms with Crippen molar-refractivity contribution in [1.82, 2.24) is 8.87 Å². The molecule has 2 heterocycles. The molecule has 0 N–H and O–H groups in total. The van der Waals surface area contributed by atoms with E-state index in [1.165, 1.54) is 14.9 Å². The summed E-state index contributed by atoms with van der Waals surface area (Å²) in [5.74, 6) is 0. The molecule has 0 radical (unpaired) electrons. The van der Waals surface area contributed by atoms with Crippen LogP contribution in [0.1, 0.15) is 25.7 Å². The van der Waals surface area contributed by atoms with Gasteiger partial charge in [-0.25, -0.2) is 8.42 Å². The summed E-state index contributed by atoms with van der Waals surface area (Å²) in [7, 11) is -2.08. The van der Waals surface area contributed by atoms with E-state index in [1.54, 1.807) is 19.3 Å². The predicted molar refractivity (Wildman–Crippen MR) is 68.9 cm³/mol. The summed E-state index contributed by atoms with van der Waals surface area (Å²) >= 11 is 0. The van der Waals surface area contributed by atoms with Crippen LogP contribution in [0.25, 0.3) is 0 Å². The first kappa shape index (κ1) is 13.3. The molecule has 1 saturated heterocycles. The van der Waals surface area contributed by atoms with Crippen molar-refractivity contribution in [3.63, 3.8) is 0 Å². The zero-order valence-corrected chi connectivity index (χ0v) is 11.3. The van der Waals surface area contributed by atoms with E-state index >= 15 is 0 Å². The van der Waals surface area contributed by atoms with Crippen LogP contribution in [-0.4, -0.2) is 30.4 Å². The van der Waals surface area contributed by atoms with Gasteiger partial charge in [0, 0.05) is 26.3 Å². The fraction of sp³-hybridized carbons (Fsp3) is 0.583. The van der Waals surface area contributed by atoms with Gasteiger partial charge in [-0.05, 0) is 25.0 Å². The molecule has 0 aromatic carbocycles. The van der Waals surface area contributed by atoms with E-state index in [0.717, 1.165) is 25.7 Å². The van der Waals surface area contributed by atoms with Crippen LogP contribution in [-0.2, 0) is 17.1 Å². The van der Waals surface area contributed by atoms with Gasteiger partial charge in [0.15, 0.2) is 0 Å². The van der Waals surface area contributed by atoms with Gasteiger partial charge in [0.1, 0.15) is 4.90 Å². The Morgan fingerprint density at radius 3 is 2.33 bits per heavy atom. The van der Waals surface area contributed by atoms with Crippen LogP contribution in [0.3, 0.4) is 0 Å². The average Bonchev–Trinajstić information content (AvgIpc) is 2.61. The first-order chi connectivity index (χ1) is 8.53. The fourth-order valence-electron chi connectivity index (χ4n) is 2.19. The van der Waals surface area contributed by atoms with E-state index in [0.29, 0.717) is 13.1 Å². The standard InChI is InChI=1S/C12H18N2O3S/c1-13-8-6-7-11(12(13)15)18(16,17)14-9-4-2-3-5-10-14/h6-8H,2-5,9-10H2,1H3. The van der Waals surface area contributed by atoms with Gasteiger partial charge in [0.2, 0.25) is 10.0 Å². The maximum atomic E-state index is 12.4. The molecule has 2 rings (SSSR count). The Kier molecular flexibility index (Phi) is 3.87. The first-order valence-corrected chi connectivity index (χ1v) is 7.63. The zero-order chi connectivity index (χ0) is 13.2. The predicted octanol–water partition coefficient (Wildman–Crippen LogP) is 0.950. The summed E-state index contributed by atoms with van der Waals surface area (Å²) in [6, 6.07) is 2.98. The van der Waals surface area contributed by atoms with Crippen LogP contribution >= 0.6 is 0 Å². The molecule has 0 saturated carbocycles. The maximum absolute atomic E-state index is 12.4. The second-order valence-electron chi connectivity index (χ2n) is 4.61. The second-order valence-corrected chi connectivity index (χ2v) is 6.51. The van der Waals surface area contributed by atoms with Gasteiger partial charge in [-0.15, -0.1) is 0 Å². The molecule has 0 spiro atoms. The van der Waals surface area contributed by atoms with E-state index in [9.17, 15) is 13.2 Å². The third-order valence-corrected chi connectivity index (χ3v) is 5.18. The molecule has 100 valence electrons. The Hall–Kier alpha value is -1.14. The van der Waals surface area contributed by atoms with Crippen molar-refractivity contribution in [3.8, 4) is 0 Å². The lowest BCUT2D eigenvalue weighted by Crippen LogP contribution is -2.36. The Morgan fingerprint density at radius 1 is 1.11 bits per heavy atom. The first-order valence-electron chi connectivity index (χ1n) is 6.19. The van der Waals surface area contributed by atoms with E-state index in [1.807, 2.05) is 0 Å². The fourth-order valence-corrected chi connectivity index (χ4v) is 3.82. The molecular formula is C12H18N2O3S. The molecule has 18 heavy (non-hydrogen) atoms. The van der Waals surface area contributed by atoms with Crippen molar-refractivity contribution in [2.45, 2.75) is 30.6 Å². The quantitative estimate of drug-likeness (QED) is 0.804. The van der Waals surface area contributed by atoms with Gasteiger partial charge in [0.25, 0.3) is 5.56 Å². The van der Waals surface area contributed by atoms with E-state index in [2.05, 4.69) is 0 Å². The largest absolute Gasteiger partial charge is 0.317 e. The Balaban J connectivity index is 2.41. The van der Waals surface area contributed by atoms with E-state index in [4.69, 9.17) is 0 Å². The molecule has 1 aliphatic heterocycles. The number of aryl methyl sites for hydroxylation is 1. The van der Waals surface area contributed by atoms with Crippen molar-refractivity contribution >= 4 is 10.0 Å². The molecule has 0 bridgehead atoms. The minimum absolute atomic E-state index is 0.116. The molecule has 0 amide bonds. The lowest BCUT2D eigenvalue weighted by atomic mass is 10.2. The molecule has 0 unspecified atom stereocenters. The summed E-state index contributed by atoms with van der Waals surface area (Å²) in [6.45, 7) is 1.03. The van der Waals surface area contributed by atoms with Crippen molar-refractivity contribution in [2.75, 3.05) is 13.1 Å². The number of hydrogen-bond donors (Lipinski definition) is 0. The van der Waals surface area contributed by atoms with Gasteiger partial charge in [-0.3, -0.25) is 4.79 Å². The highest BCUT2D eigenvalue weighted by Crippen LogP contribution is 2.17. The maximum Gasteiger partial charge on any atom is 0.270 e. The number of aromatic nitrogens is 1. The van der Waals surface area contributed by atoms with E-state index < -0.39 is 15.6 Å². The van der Waals surface area contributed by atoms with Crippen molar-refractivity contribution in [2.24, 2.45) is 7.05 Å². The lowest BCUT2D eigenvalue weighted by molar-refractivity contribution is 0.422. The van der Waals surface area contributed by atoms with Crippen LogP contribution in [0.2, 0.25) is 0 Å². The van der Waals surface area contributed by atoms with Gasteiger partial charge in [-0.2, -0.15) is 4.31 Å². The molecule has 1 aromatic rings. The molecular weight excluding hydrogens is 252 g/mol. The highest BCUT2D eigenvalue weighted by atomic mass is 32.2. The third kappa shape index (κ3) is 2.49. The highest BCUT2D eigenvalue weighted by molar-refractivity contribution is 7.89.